The quantitative estimate of drug-likeness (QED) is 0.686. The fraction of sp³-hybridized carbons (Fsp3) is 0.625. The second-order valence-corrected chi connectivity index (χ2v) is 5.44. The van der Waals surface area contributed by atoms with Crippen LogP contribution in [0.25, 0.3) is 0 Å². The topological polar surface area (TPSA) is 30.0 Å². The van der Waals surface area contributed by atoms with Gasteiger partial charge in [-0.1, -0.05) is 45.1 Å². The fourth-order valence-electron chi connectivity index (χ4n) is 2.60. The Morgan fingerprint density at radius 1 is 1.06 bits per heavy atom. The van der Waals surface area contributed by atoms with Gasteiger partial charge in [0.2, 0.25) is 0 Å². The third-order valence-corrected chi connectivity index (χ3v) is 3.83. The van der Waals surface area contributed by atoms with Crippen molar-refractivity contribution in [3.8, 4) is 0 Å². The van der Waals surface area contributed by atoms with Crippen molar-refractivity contribution in [1.29, 1.82) is 0 Å². The van der Waals surface area contributed by atoms with E-state index in [2.05, 4.69) is 4.98 Å². The predicted octanol–water partition coefficient (Wildman–Crippen LogP) is 4.19. The van der Waals surface area contributed by atoms with Gasteiger partial charge in [0.1, 0.15) is 5.69 Å². The first kappa shape index (κ1) is 13.3. The van der Waals surface area contributed by atoms with Gasteiger partial charge in [-0.2, -0.15) is 0 Å². The molecule has 2 rings (SSSR count). The zero-order valence-electron chi connectivity index (χ0n) is 11.3. The Labute approximate surface area is 110 Å². The van der Waals surface area contributed by atoms with Crippen LogP contribution >= 0.6 is 0 Å². The first-order valence-corrected chi connectivity index (χ1v) is 7.27. The number of hydrogen-bond donors (Lipinski definition) is 0. The van der Waals surface area contributed by atoms with Gasteiger partial charge in [-0.3, -0.25) is 4.79 Å². The summed E-state index contributed by atoms with van der Waals surface area (Å²) in [5.41, 5.74) is 1.74. The minimum absolute atomic E-state index is 0.119. The molecule has 1 aliphatic rings. The van der Waals surface area contributed by atoms with Crippen LogP contribution in [-0.2, 0) is 6.42 Å². The van der Waals surface area contributed by atoms with Crippen molar-refractivity contribution in [1.82, 2.24) is 4.98 Å². The Hall–Kier alpha value is -1.18. The Kier molecular flexibility index (Phi) is 4.91. The Bertz CT molecular complexity index is 400. The molecule has 0 fully saturated rings. The van der Waals surface area contributed by atoms with E-state index in [0.29, 0.717) is 5.69 Å². The van der Waals surface area contributed by atoms with Crippen LogP contribution in [0, 0.1) is 5.92 Å². The highest BCUT2D eigenvalue weighted by atomic mass is 16.1. The van der Waals surface area contributed by atoms with Gasteiger partial charge < -0.3 is 0 Å². The molecular formula is C16H23NO. The molecule has 0 aliphatic carbocycles. The van der Waals surface area contributed by atoms with Gasteiger partial charge in [-0.05, 0) is 31.4 Å². The maximum atomic E-state index is 12.2. The molecule has 0 amide bonds. The minimum Gasteiger partial charge on any atom is -0.292 e. The second-order valence-electron chi connectivity index (χ2n) is 5.44. The summed E-state index contributed by atoms with van der Waals surface area (Å²) in [5.74, 6) is 0.338. The molecule has 0 spiro atoms. The fourth-order valence-corrected chi connectivity index (χ4v) is 2.60. The summed E-state index contributed by atoms with van der Waals surface area (Å²) in [7, 11) is 0. The summed E-state index contributed by atoms with van der Waals surface area (Å²) in [6.45, 7) is 2.04. The van der Waals surface area contributed by atoms with Crippen LogP contribution < -0.4 is 0 Å². The van der Waals surface area contributed by atoms with Crippen molar-refractivity contribution in [2.45, 2.75) is 58.3 Å². The van der Waals surface area contributed by atoms with Crippen LogP contribution in [0.4, 0.5) is 0 Å². The number of Topliss-reactive ketones (excluding diaryl/α,β-unsaturated/α-hetero) is 1. The van der Waals surface area contributed by atoms with Gasteiger partial charge in [0, 0.05) is 11.6 Å². The highest BCUT2D eigenvalue weighted by Crippen LogP contribution is 2.18. The standard InChI is InChI=1S/C16H23NO/c1-13-9-6-4-2-3-5-7-10-14-11-8-12-15(17-14)16(13)18/h8,11-13H,2-7,9-10H2,1H3. The number of aromatic nitrogens is 1. The molecule has 1 unspecified atom stereocenters. The average molecular weight is 245 g/mol. The van der Waals surface area contributed by atoms with Crippen molar-refractivity contribution < 1.29 is 4.79 Å². The van der Waals surface area contributed by atoms with E-state index >= 15 is 0 Å². The largest absolute Gasteiger partial charge is 0.292 e. The van der Waals surface area contributed by atoms with Gasteiger partial charge in [0.25, 0.3) is 0 Å². The molecule has 0 radical (unpaired) electrons. The van der Waals surface area contributed by atoms with E-state index in [4.69, 9.17) is 0 Å². The number of pyridine rings is 1. The van der Waals surface area contributed by atoms with E-state index in [0.717, 1.165) is 18.5 Å². The van der Waals surface area contributed by atoms with Crippen molar-refractivity contribution in [2.24, 2.45) is 5.92 Å². The summed E-state index contributed by atoms with van der Waals surface area (Å²) in [4.78, 5) is 16.8. The number of ketones is 1. The lowest BCUT2D eigenvalue weighted by Gasteiger charge is -2.10. The second kappa shape index (κ2) is 6.67. The average Bonchev–Trinajstić information content (AvgIpc) is 2.40. The van der Waals surface area contributed by atoms with Crippen molar-refractivity contribution in [2.75, 3.05) is 0 Å². The number of carbonyl (C=O) groups excluding carboxylic acids is 1. The maximum absolute atomic E-state index is 12.2. The Morgan fingerprint density at radius 3 is 2.61 bits per heavy atom. The predicted molar refractivity (Wildman–Crippen MR) is 73.8 cm³/mol. The molecule has 0 aromatic carbocycles. The van der Waals surface area contributed by atoms with Crippen molar-refractivity contribution in [3.05, 3.63) is 29.6 Å². The van der Waals surface area contributed by atoms with Crippen molar-refractivity contribution in [3.63, 3.8) is 0 Å². The van der Waals surface area contributed by atoms with E-state index in [9.17, 15) is 4.79 Å². The molecule has 0 saturated carbocycles. The molecule has 2 bridgehead atoms. The monoisotopic (exact) mass is 245 g/mol. The van der Waals surface area contributed by atoms with E-state index < -0.39 is 0 Å². The molecule has 2 nitrogen and oxygen atoms in total. The molecule has 0 N–H and O–H groups in total. The molecule has 1 aromatic heterocycles. The van der Waals surface area contributed by atoms with Crippen LogP contribution in [0.15, 0.2) is 18.2 Å². The molecule has 1 aromatic rings. The smallest absolute Gasteiger partial charge is 0.183 e. The minimum atomic E-state index is 0.119. The van der Waals surface area contributed by atoms with Crippen LogP contribution in [0.3, 0.4) is 0 Å². The number of nitrogens with zero attached hydrogens (tertiary/aromatic N) is 1. The lowest BCUT2D eigenvalue weighted by Crippen LogP contribution is -2.13. The van der Waals surface area contributed by atoms with Crippen LogP contribution in [-0.4, -0.2) is 10.8 Å². The van der Waals surface area contributed by atoms with E-state index in [1.807, 2.05) is 25.1 Å². The lowest BCUT2D eigenvalue weighted by molar-refractivity contribution is 0.0917. The van der Waals surface area contributed by atoms with Gasteiger partial charge in [-0.25, -0.2) is 4.98 Å². The summed E-state index contributed by atoms with van der Waals surface area (Å²) in [6, 6.07) is 5.88. The zero-order chi connectivity index (χ0) is 12.8. The zero-order valence-corrected chi connectivity index (χ0v) is 11.3. The maximum Gasteiger partial charge on any atom is 0.183 e. The summed E-state index contributed by atoms with van der Waals surface area (Å²) >= 11 is 0. The van der Waals surface area contributed by atoms with E-state index in [1.54, 1.807) is 0 Å². The number of aryl methyl sites for hydroxylation is 1. The number of fused-ring (bicyclic) bond motifs is 2. The molecule has 98 valence electrons. The first-order chi connectivity index (χ1) is 8.77. The number of rotatable bonds is 0. The third kappa shape index (κ3) is 3.66. The van der Waals surface area contributed by atoms with Gasteiger partial charge in [-0.15, -0.1) is 0 Å². The van der Waals surface area contributed by atoms with Gasteiger partial charge in [0.15, 0.2) is 5.78 Å². The Morgan fingerprint density at radius 2 is 1.78 bits per heavy atom. The molecule has 2 heteroatoms. The molecular weight excluding hydrogens is 222 g/mol. The van der Waals surface area contributed by atoms with E-state index in [1.165, 1.54) is 38.5 Å². The molecule has 1 atom stereocenters. The molecule has 1 aliphatic heterocycles. The molecule has 2 heterocycles. The van der Waals surface area contributed by atoms with Crippen LogP contribution in [0.2, 0.25) is 0 Å². The highest BCUT2D eigenvalue weighted by Gasteiger charge is 2.16. The Balaban J connectivity index is 2.14. The van der Waals surface area contributed by atoms with Crippen LogP contribution in [0.1, 0.15) is 68.1 Å². The SMILES string of the molecule is CC1CCCCCCCCc2cccc(n2)C1=O. The number of hydrogen-bond acceptors (Lipinski definition) is 2. The molecule has 18 heavy (non-hydrogen) atoms. The summed E-state index contributed by atoms with van der Waals surface area (Å²) < 4.78 is 0. The first-order valence-electron chi connectivity index (χ1n) is 7.27. The van der Waals surface area contributed by atoms with E-state index in [-0.39, 0.29) is 11.7 Å². The molecule has 0 saturated heterocycles. The highest BCUT2D eigenvalue weighted by molar-refractivity contribution is 5.95. The summed E-state index contributed by atoms with van der Waals surface area (Å²) in [6.07, 6.45) is 9.57. The third-order valence-electron chi connectivity index (χ3n) is 3.83. The van der Waals surface area contributed by atoms with Crippen molar-refractivity contribution >= 4 is 5.78 Å². The number of carbonyl (C=O) groups is 1. The normalized spacial score (nSPS) is 22.7. The summed E-state index contributed by atoms with van der Waals surface area (Å²) in [5, 5.41) is 0. The van der Waals surface area contributed by atoms with Crippen LogP contribution in [0.5, 0.6) is 0 Å². The van der Waals surface area contributed by atoms with Gasteiger partial charge >= 0.3 is 0 Å². The van der Waals surface area contributed by atoms with Gasteiger partial charge in [0.05, 0.1) is 0 Å². The lowest BCUT2D eigenvalue weighted by atomic mass is 9.96.